The molecule has 4 unspecified atom stereocenters. The van der Waals surface area contributed by atoms with Crippen LogP contribution in [0.3, 0.4) is 0 Å². The summed E-state index contributed by atoms with van der Waals surface area (Å²) in [6.45, 7) is 0.633. The fourth-order valence-corrected chi connectivity index (χ4v) is 6.90. The molecular weight excluding hydrogens is 712 g/mol. The highest BCUT2D eigenvalue weighted by molar-refractivity contribution is 9.09. The van der Waals surface area contributed by atoms with Gasteiger partial charge in [-0.3, -0.25) is 0 Å². The SMILES string of the molecule is OC(CBr)COC12CC3(OCC(O)CBr)CC(OCC(O)CBr)(C1)CC(OCC(O)CBr)(C2)C3. The zero-order valence-electron chi connectivity index (χ0n) is 19.1. The van der Waals surface area contributed by atoms with Gasteiger partial charge in [0.05, 0.1) is 73.2 Å². The number of aliphatic hydroxyl groups excluding tert-OH is 4. The zero-order chi connectivity index (χ0) is 25.0. The lowest BCUT2D eigenvalue weighted by atomic mass is 9.48. The highest BCUT2D eigenvalue weighted by Crippen LogP contribution is 2.65. The van der Waals surface area contributed by atoms with E-state index in [-0.39, 0.29) is 26.4 Å². The van der Waals surface area contributed by atoms with Crippen LogP contribution in [0.5, 0.6) is 0 Å². The van der Waals surface area contributed by atoms with Crippen molar-refractivity contribution in [2.24, 2.45) is 0 Å². The highest BCUT2D eigenvalue weighted by Gasteiger charge is 2.71. The second-order valence-electron chi connectivity index (χ2n) is 10.3. The van der Waals surface area contributed by atoms with Crippen LogP contribution >= 0.6 is 63.7 Å². The Kier molecular flexibility index (Phi) is 11.2. The molecule has 0 aromatic carbocycles. The van der Waals surface area contributed by atoms with Gasteiger partial charge in [0.25, 0.3) is 0 Å². The van der Waals surface area contributed by atoms with Crippen molar-refractivity contribution in [2.45, 2.75) is 85.3 Å². The molecule has 0 spiro atoms. The lowest BCUT2D eigenvalue weighted by Gasteiger charge is -2.68. The zero-order valence-corrected chi connectivity index (χ0v) is 25.5. The minimum Gasteiger partial charge on any atom is -0.390 e. The minimum absolute atomic E-state index is 0.158. The van der Waals surface area contributed by atoms with Crippen LogP contribution < -0.4 is 0 Å². The van der Waals surface area contributed by atoms with E-state index in [0.717, 1.165) is 0 Å². The largest absolute Gasteiger partial charge is 0.390 e. The molecule has 0 amide bonds. The van der Waals surface area contributed by atoms with Crippen molar-refractivity contribution in [1.29, 1.82) is 0 Å². The van der Waals surface area contributed by atoms with Crippen molar-refractivity contribution in [3.63, 3.8) is 0 Å². The normalized spacial score (nSPS) is 38.1. The molecule has 0 saturated heterocycles. The van der Waals surface area contributed by atoms with Crippen molar-refractivity contribution < 1.29 is 39.4 Å². The summed E-state index contributed by atoms with van der Waals surface area (Å²) in [6, 6.07) is 0. The molecule has 34 heavy (non-hydrogen) atoms. The van der Waals surface area contributed by atoms with Gasteiger partial charge < -0.3 is 39.4 Å². The molecule has 0 heterocycles. The van der Waals surface area contributed by atoms with Crippen LogP contribution in [0.25, 0.3) is 0 Å². The van der Waals surface area contributed by atoms with E-state index >= 15 is 0 Å². The summed E-state index contributed by atoms with van der Waals surface area (Å²) >= 11 is 13.2. The molecular formula is C22H36Br4O8. The first-order valence-corrected chi connectivity index (χ1v) is 16.1. The molecule has 4 atom stereocenters. The Morgan fingerprint density at radius 2 is 0.618 bits per heavy atom. The summed E-state index contributed by atoms with van der Waals surface area (Å²) in [5, 5.41) is 42.4. The number of hydrogen-bond acceptors (Lipinski definition) is 8. The van der Waals surface area contributed by atoms with E-state index in [1.807, 2.05) is 0 Å². The van der Waals surface area contributed by atoms with Gasteiger partial charge in [-0.25, -0.2) is 0 Å². The Labute approximate surface area is 234 Å². The third-order valence-electron chi connectivity index (χ3n) is 6.91. The number of aliphatic hydroxyl groups is 4. The molecule has 4 aliphatic rings. The van der Waals surface area contributed by atoms with Gasteiger partial charge in [-0.2, -0.15) is 0 Å². The van der Waals surface area contributed by atoms with Gasteiger partial charge in [0, 0.05) is 59.8 Å². The molecule has 8 nitrogen and oxygen atoms in total. The molecule has 0 aromatic heterocycles. The van der Waals surface area contributed by atoms with E-state index in [2.05, 4.69) is 63.7 Å². The van der Waals surface area contributed by atoms with Crippen LogP contribution in [0.4, 0.5) is 0 Å². The summed E-state index contributed by atoms with van der Waals surface area (Å²) in [5.74, 6) is 0. The van der Waals surface area contributed by atoms with Gasteiger partial charge in [0.1, 0.15) is 0 Å². The second kappa shape index (κ2) is 12.6. The molecule has 12 heteroatoms. The summed E-state index contributed by atoms with van der Waals surface area (Å²) < 4.78 is 25.7. The molecule has 0 radical (unpaired) electrons. The van der Waals surface area contributed by atoms with E-state index in [1.165, 1.54) is 0 Å². The standard InChI is InChI=1S/C22H36Br4O8/c23-1-15(27)5-31-19-9-20(32-6-16(28)2-24)12-21(10-19,33-7-17(29)3-25)14-22(11-19,13-20)34-8-18(30)4-26/h15-18,27-30H,1-14H2. The van der Waals surface area contributed by atoms with E-state index in [9.17, 15) is 20.4 Å². The van der Waals surface area contributed by atoms with Crippen LogP contribution in [0.2, 0.25) is 0 Å². The van der Waals surface area contributed by atoms with Crippen LogP contribution in [0.15, 0.2) is 0 Å². The van der Waals surface area contributed by atoms with Crippen molar-refractivity contribution in [2.75, 3.05) is 47.7 Å². The highest BCUT2D eigenvalue weighted by atomic mass is 79.9. The molecule has 4 saturated carbocycles. The maximum absolute atomic E-state index is 10.2. The Hall–Kier alpha value is 1.60. The monoisotopic (exact) mass is 744 g/mol. The maximum Gasteiger partial charge on any atom is 0.0870 e. The van der Waals surface area contributed by atoms with Gasteiger partial charge in [0.2, 0.25) is 0 Å². The first-order valence-electron chi connectivity index (χ1n) is 11.6. The molecule has 0 aliphatic heterocycles. The van der Waals surface area contributed by atoms with E-state index < -0.39 is 46.8 Å². The lowest BCUT2D eigenvalue weighted by molar-refractivity contribution is -0.340. The predicted molar refractivity (Wildman–Crippen MR) is 142 cm³/mol. The lowest BCUT2D eigenvalue weighted by Crippen LogP contribution is -2.74. The van der Waals surface area contributed by atoms with Gasteiger partial charge in [0.15, 0.2) is 0 Å². The van der Waals surface area contributed by atoms with Crippen LogP contribution in [0, 0.1) is 0 Å². The Balaban J connectivity index is 1.93. The van der Waals surface area contributed by atoms with Gasteiger partial charge in [-0.05, 0) is 0 Å². The number of rotatable bonds is 16. The first-order chi connectivity index (χ1) is 16.1. The van der Waals surface area contributed by atoms with E-state index in [1.54, 1.807) is 0 Å². The summed E-state index contributed by atoms with van der Waals surface area (Å²) in [4.78, 5) is 0. The van der Waals surface area contributed by atoms with Crippen molar-refractivity contribution in [3.05, 3.63) is 0 Å². The molecule has 0 aromatic rings. The number of alkyl halides is 4. The third-order valence-corrected chi connectivity index (χ3v) is 9.90. The van der Waals surface area contributed by atoms with Gasteiger partial charge in [-0.15, -0.1) is 0 Å². The topological polar surface area (TPSA) is 118 Å². The average molecular weight is 748 g/mol. The van der Waals surface area contributed by atoms with E-state index in [0.29, 0.717) is 59.8 Å². The van der Waals surface area contributed by atoms with E-state index in [4.69, 9.17) is 18.9 Å². The molecule has 4 bridgehead atoms. The van der Waals surface area contributed by atoms with Crippen LogP contribution in [0.1, 0.15) is 38.5 Å². The fourth-order valence-electron chi connectivity index (χ4n) is 6.16. The minimum atomic E-state index is -0.657. The first kappa shape index (κ1) is 30.1. The smallest absolute Gasteiger partial charge is 0.0870 e. The quantitative estimate of drug-likeness (QED) is 0.178. The van der Waals surface area contributed by atoms with Crippen molar-refractivity contribution >= 4 is 63.7 Å². The molecule has 4 N–H and O–H groups in total. The predicted octanol–water partition coefficient (Wildman–Crippen LogP) is 2.41. The maximum atomic E-state index is 10.2. The van der Waals surface area contributed by atoms with Crippen LogP contribution in [-0.2, 0) is 18.9 Å². The van der Waals surface area contributed by atoms with Crippen molar-refractivity contribution in [1.82, 2.24) is 0 Å². The number of ether oxygens (including phenoxy) is 4. The van der Waals surface area contributed by atoms with Gasteiger partial charge >= 0.3 is 0 Å². The summed E-state index contributed by atoms with van der Waals surface area (Å²) in [6.07, 6.45) is 0.983. The third kappa shape index (κ3) is 7.37. The summed E-state index contributed by atoms with van der Waals surface area (Å²) in [5.41, 5.74) is -2.63. The van der Waals surface area contributed by atoms with Crippen LogP contribution in [-0.4, -0.2) is 115 Å². The number of hydrogen-bond donors (Lipinski definition) is 4. The van der Waals surface area contributed by atoms with Gasteiger partial charge in [-0.1, -0.05) is 63.7 Å². The molecule has 4 aliphatic carbocycles. The average Bonchev–Trinajstić information content (AvgIpc) is 2.82. The Bertz CT molecular complexity index is 515. The van der Waals surface area contributed by atoms with Crippen molar-refractivity contribution in [3.8, 4) is 0 Å². The summed E-state index contributed by atoms with van der Waals surface area (Å²) in [7, 11) is 0. The molecule has 200 valence electrons. The second-order valence-corrected chi connectivity index (χ2v) is 12.9. The molecule has 4 rings (SSSR count). The molecule has 4 fully saturated rings. The fraction of sp³-hybridized carbons (Fsp3) is 1.00. The Morgan fingerprint density at radius 3 is 0.765 bits per heavy atom. The number of halogens is 4. The Morgan fingerprint density at radius 1 is 0.441 bits per heavy atom.